The fourth-order valence-corrected chi connectivity index (χ4v) is 2.51. The summed E-state index contributed by atoms with van der Waals surface area (Å²) in [6.07, 6.45) is 14.9. The summed E-state index contributed by atoms with van der Waals surface area (Å²) in [5, 5.41) is 18.8. The van der Waals surface area contributed by atoms with Gasteiger partial charge in [-0.05, 0) is 63.5 Å². The first-order valence-electron chi connectivity index (χ1n) is 8.18. The Morgan fingerprint density at radius 2 is 0.955 bits per heavy atom. The summed E-state index contributed by atoms with van der Waals surface area (Å²) in [5.41, 5.74) is 8.00. The summed E-state index contributed by atoms with van der Waals surface area (Å²) < 4.78 is 0. The maximum Gasteiger partial charge on any atom is 0.0843 e. The topological polar surface area (TPSA) is 136 Å². The number of quaternary nitrogens is 2. The van der Waals surface area contributed by atoms with Gasteiger partial charge in [0, 0.05) is 0 Å². The molecule has 0 unspecified atom stereocenters. The van der Waals surface area contributed by atoms with Crippen LogP contribution in [-0.4, -0.2) is 24.0 Å². The largest absolute Gasteiger partial charge is 0.545 e. The van der Waals surface area contributed by atoms with Gasteiger partial charge in [0.15, 0.2) is 0 Å². The predicted molar refractivity (Wildman–Crippen MR) is 78.7 cm³/mol. The lowest BCUT2D eigenvalue weighted by atomic mass is 9.97. The van der Waals surface area contributed by atoms with Crippen molar-refractivity contribution in [3.8, 4) is 0 Å². The van der Waals surface area contributed by atoms with Gasteiger partial charge < -0.3 is 31.3 Å². The molecule has 2 aliphatic carbocycles. The van der Waals surface area contributed by atoms with E-state index in [1.807, 2.05) is 0 Å². The summed E-state index contributed by atoms with van der Waals surface area (Å²) in [6.45, 7) is 0. The van der Waals surface area contributed by atoms with E-state index >= 15 is 0 Å². The van der Waals surface area contributed by atoms with Gasteiger partial charge in [0.2, 0.25) is 0 Å². The minimum Gasteiger partial charge on any atom is -0.545 e. The van der Waals surface area contributed by atoms with Crippen molar-refractivity contribution < 1.29 is 31.3 Å². The molecule has 2 saturated carbocycles. The van der Waals surface area contributed by atoms with Gasteiger partial charge in [-0.2, -0.15) is 0 Å². The van der Waals surface area contributed by atoms with Crippen LogP contribution in [0.4, 0.5) is 0 Å². The molecular weight excluding hydrogens is 284 g/mol. The molecule has 0 aliphatic heterocycles. The van der Waals surface area contributed by atoms with E-state index in [1.54, 1.807) is 0 Å². The van der Waals surface area contributed by atoms with E-state index in [-0.39, 0.29) is 0 Å². The van der Waals surface area contributed by atoms with Crippen LogP contribution in [0.1, 0.15) is 64.2 Å². The molecule has 6 heteroatoms. The lowest BCUT2D eigenvalue weighted by molar-refractivity contribution is -0.425. The van der Waals surface area contributed by atoms with E-state index < -0.39 is 11.9 Å². The molecule has 0 spiro atoms. The standard InChI is InChI=1S/2C6H13N.C4H4O4/c2*7-6-4-2-1-3-5-6;5-3(6)1-2-4(7)8/h2*6H,1-5,7H2;1-2H,(H,5,6)(H,7,8)/b;;2-1-. The fraction of sp³-hybridized carbons (Fsp3) is 0.750. The Kier molecular flexibility index (Phi) is 12.4. The molecule has 2 fully saturated rings. The molecule has 0 bridgehead atoms. The van der Waals surface area contributed by atoms with E-state index in [4.69, 9.17) is 0 Å². The van der Waals surface area contributed by atoms with Crippen LogP contribution in [-0.2, 0) is 9.59 Å². The highest BCUT2D eigenvalue weighted by molar-refractivity contribution is 5.87. The number of carbonyl (C=O) groups excluding carboxylic acids is 2. The molecule has 0 saturated heterocycles. The van der Waals surface area contributed by atoms with E-state index in [9.17, 15) is 19.8 Å². The van der Waals surface area contributed by atoms with Crippen LogP contribution < -0.4 is 21.7 Å². The Balaban J connectivity index is 0.000000301. The Labute approximate surface area is 132 Å². The first kappa shape index (κ1) is 20.6. The van der Waals surface area contributed by atoms with Crippen molar-refractivity contribution in [2.45, 2.75) is 76.3 Å². The molecule has 0 aromatic carbocycles. The minimum atomic E-state index is -1.55. The average Bonchev–Trinajstić information content (AvgIpc) is 2.48. The summed E-state index contributed by atoms with van der Waals surface area (Å²) >= 11 is 0. The van der Waals surface area contributed by atoms with Crippen LogP contribution in [0.25, 0.3) is 0 Å². The molecule has 2 rings (SSSR count). The second kappa shape index (κ2) is 13.3. The van der Waals surface area contributed by atoms with E-state index in [0.717, 1.165) is 12.1 Å². The van der Waals surface area contributed by atoms with Crippen molar-refractivity contribution in [1.29, 1.82) is 0 Å². The molecule has 128 valence electrons. The average molecular weight is 314 g/mol. The Hall–Kier alpha value is -1.40. The number of rotatable bonds is 2. The van der Waals surface area contributed by atoms with Crippen LogP contribution in [0.3, 0.4) is 0 Å². The summed E-state index contributed by atoms with van der Waals surface area (Å²) in [6, 6.07) is 1.57. The van der Waals surface area contributed by atoms with Crippen molar-refractivity contribution in [1.82, 2.24) is 0 Å². The highest BCUT2D eigenvalue weighted by atomic mass is 16.4. The zero-order chi connectivity index (χ0) is 16.8. The highest BCUT2D eigenvalue weighted by Gasteiger charge is 2.10. The molecule has 0 heterocycles. The van der Waals surface area contributed by atoms with Crippen LogP contribution in [0.15, 0.2) is 12.2 Å². The summed E-state index contributed by atoms with van der Waals surface area (Å²) in [7, 11) is 0. The Bertz CT molecular complexity index is 301. The van der Waals surface area contributed by atoms with E-state index in [0.29, 0.717) is 12.2 Å². The smallest absolute Gasteiger partial charge is 0.0843 e. The van der Waals surface area contributed by atoms with Crippen molar-refractivity contribution in [3.05, 3.63) is 12.2 Å². The first-order chi connectivity index (χ1) is 10.4. The fourth-order valence-electron chi connectivity index (χ4n) is 2.51. The SMILES string of the molecule is O=C([O-])/C=C\C(=O)[O-].[NH3+]C1CCCCC1.[NH3+]C1CCCCC1. The number of carbonyl (C=O) groups is 2. The van der Waals surface area contributed by atoms with Gasteiger partial charge >= 0.3 is 0 Å². The molecule has 6 N–H and O–H groups in total. The van der Waals surface area contributed by atoms with E-state index in [1.165, 1.54) is 64.2 Å². The number of carboxylic acid groups (broad SMARTS) is 2. The maximum absolute atomic E-state index is 9.41. The molecular formula is C16H30N2O4. The second-order valence-electron chi connectivity index (χ2n) is 5.98. The van der Waals surface area contributed by atoms with Gasteiger partial charge in [-0.3, -0.25) is 0 Å². The third-order valence-electron chi connectivity index (χ3n) is 3.80. The van der Waals surface area contributed by atoms with Crippen LogP contribution >= 0.6 is 0 Å². The van der Waals surface area contributed by atoms with Gasteiger partial charge in [-0.15, -0.1) is 0 Å². The lowest BCUT2D eigenvalue weighted by Gasteiger charge is -2.12. The predicted octanol–water partition coefficient (Wildman–Crippen LogP) is -1.84. The Morgan fingerprint density at radius 1 is 0.682 bits per heavy atom. The third-order valence-corrected chi connectivity index (χ3v) is 3.80. The molecule has 2 aliphatic rings. The molecule has 0 amide bonds. The number of carboxylic acids is 2. The van der Waals surface area contributed by atoms with Gasteiger partial charge in [-0.1, -0.05) is 12.8 Å². The van der Waals surface area contributed by atoms with Crippen LogP contribution in [0.5, 0.6) is 0 Å². The normalized spacial score (nSPS) is 19.5. The van der Waals surface area contributed by atoms with Crippen molar-refractivity contribution in [2.75, 3.05) is 0 Å². The molecule has 22 heavy (non-hydrogen) atoms. The number of aliphatic carboxylic acids is 2. The van der Waals surface area contributed by atoms with Crippen LogP contribution in [0.2, 0.25) is 0 Å². The van der Waals surface area contributed by atoms with Gasteiger partial charge in [0.05, 0.1) is 24.0 Å². The molecule has 0 radical (unpaired) electrons. The first-order valence-corrected chi connectivity index (χ1v) is 8.18. The maximum atomic E-state index is 9.41. The molecule has 0 aromatic rings. The van der Waals surface area contributed by atoms with Crippen molar-refractivity contribution >= 4 is 11.9 Å². The third kappa shape index (κ3) is 15.0. The molecule has 6 nitrogen and oxygen atoms in total. The second-order valence-corrected chi connectivity index (χ2v) is 5.98. The Morgan fingerprint density at radius 3 is 1.09 bits per heavy atom. The molecule has 0 aromatic heterocycles. The van der Waals surface area contributed by atoms with E-state index in [2.05, 4.69) is 11.5 Å². The van der Waals surface area contributed by atoms with Crippen LogP contribution in [0, 0.1) is 0 Å². The van der Waals surface area contributed by atoms with Gasteiger partial charge in [0.1, 0.15) is 0 Å². The number of hydrogen-bond acceptors (Lipinski definition) is 4. The van der Waals surface area contributed by atoms with Crippen molar-refractivity contribution in [3.63, 3.8) is 0 Å². The zero-order valence-electron chi connectivity index (χ0n) is 13.4. The van der Waals surface area contributed by atoms with Gasteiger partial charge in [-0.25, -0.2) is 0 Å². The summed E-state index contributed by atoms with van der Waals surface area (Å²) in [4.78, 5) is 18.8. The number of hydrogen-bond donors (Lipinski definition) is 2. The van der Waals surface area contributed by atoms with Gasteiger partial charge in [0.25, 0.3) is 0 Å². The highest BCUT2D eigenvalue weighted by Crippen LogP contribution is 2.14. The zero-order valence-corrected chi connectivity index (χ0v) is 13.4. The lowest BCUT2D eigenvalue weighted by Crippen LogP contribution is -2.61. The van der Waals surface area contributed by atoms with Crippen molar-refractivity contribution in [2.24, 2.45) is 0 Å². The summed E-state index contributed by atoms with van der Waals surface area (Å²) in [5.74, 6) is -3.09. The minimum absolute atomic E-state index is 0.384. The molecule has 0 atom stereocenters. The monoisotopic (exact) mass is 314 g/mol. The quantitative estimate of drug-likeness (QED) is 0.579.